The van der Waals surface area contributed by atoms with E-state index in [1.165, 1.54) is 6.33 Å². The standard InChI is InChI=1S/C11H15N5O/c17-11-14-6-8-5-13-7-15-10(8)16(11)9-1-3-12-4-2-9/h5,7,9,12H,1-4,6H2,(H,14,17). The predicted octanol–water partition coefficient (Wildman–Crippen LogP) is 0.258. The molecule has 1 saturated heterocycles. The lowest BCUT2D eigenvalue weighted by Crippen LogP contribution is -2.53. The molecule has 17 heavy (non-hydrogen) atoms. The maximum absolute atomic E-state index is 12.0. The second-order valence-corrected chi connectivity index (χ2v) is 4.38. The van der Waals surface area contributed by atoms with Crippen LogP contribution in [0.3, 0.4) is 0 Å². The third-order valence-electron chi connectivity index (χ3n) is 3.32. The first kappa shape index (κ1) is 10.5. The molecule has 3 rings (SSSR count). The van der Waals surface area contributed by atoms with E-state index in [9.17, 15) is 4.79 Å². The van der Waals surface area contributed by atoms with Crippen molar-refractivity contribution < 1.29 is 4.79 Å². The Balaban J connectivity index is 1.94. The number of nitrogens with zero attached hydrogens (tertiary/aromatic N) is 3. The number of rotatable bonds is 1. The van der Waals surface area contributed by atoms with Crippen LogP contribution in [0.15, 0.2) is 12.5 Å². The van der Waals surface area contributed by atoms with E-state index in [2.05, 4.69) is 20.6 Å². The van der Waals surface area contributed by atoms with Crippen LogP contribution in [0.2, 0.25) is 0 Å². The molecule has 0 spiro atoms. The van der Waals surface area contributed by atoms with E-state index in [1.54, 1.807) is 11.1 Å². The maximum Gasteiger partial charge on any atom is 0.323 e. The van der Waals surface area contributed by atoms with Crippen LogP contribution in [0.25, 0.3) is 0 Å². The highest BCUT2D eigenvalue weighted by Crippen LogP contribution is 2.25. The molecular weight excluding hydrogens is 218 g/mol. The van der Waals surface area contributed by atoms with Crippen LogP contribution < -0.4 is 15.5 Å². The molecular formula is C11H15N5O. The van der Waals surface area contributed by atoms with Crippen LogP contribution in [0.4, 0.5) is 10.6 Å². The normalized spacial score (nSPS) is 20.9. The Hall–Kier alpha value is -1.69. The molecule has 90 valence electrons. The third kappa shape index (κ3) is 1.84. The summed E-state index contributed by atoms with van der Waals surface area (Å²) in [5.74, 6) is 0.774. The van der Waals surface area contributed by atoms with E-state index < -0.39 is 0 Å². The smallest absolute Gasteiger partial charge is 0.323 e. The summed E-state index contributed by atoms with van der Waals surface area (Å²) in [5, 5.41) is 6.17. The van der Waals surface area contributed by atoms with Gasteiger partial charge in [0.05, 0.1) is 0 Å². The van der Waals surface area contributed by atoms with Gasteiger partial charge in [-0.15, -0.1) is 0 Å². The van der Waals surface area contributed by atoms with Crippen molar-refractivity contribution in [1.29, 1.82) is 0 Å². The van der Waals surface area contributed by atoms with Gasteiger partial charge in [-0.05, 0) is 25.9 Å². The highest BCUT2D eigenvalue weighted by atomic mass is 16.2. The van der Waals surface area contributed by atoms with Crippen molar-refractivity contribution in [1.82, 2.24) is 20.6 Å². The monoisotopic (exact) mass is 233 g/mol. The van der Waals surface area contributed by atoms with E-state index in [0.717, 1.165) is 37.3 Å². The summed E-state index contributed by atoms with van der Waals surface area (Å²) in [5.41, 5.74) is 0.991. The molecule has 0 atom stereocenters. The van der Waals surface area contributed by atoms with Crippen LogP contribution >= 0.6 is 0 Å². The van der Waals surface area contributed by atoms with Crippen LogP contribution in [0.5, 0.6) is 0 Å². The maximum atomic E-state index is 12.0. The minimum Gasteiger partial charge on any atom is -0.333 e. The number of urea groups is 1. The van der Waals surface area contributed by atoms with Gasteiger partial charge in [-0.1, -0.05) is 0 Å². The van der Waals surface area contributed by atoms with Crippen molar-refractivity contribution in [3.8, 4) is 0 Å². The van der Waals surface area contributed by atoms with E-state index in [-0.39, 0.29) is 12.1 Å². The number of amides is 2. The van der Waals surface area contributed by atoms with Gasteiger partial charge in [0, 0.05) is 24.3 Å². The molecule has 6 nitrogen and oxygen atoms in total. The number of aromatic nitrogens is 2. The molecule has 0 aliphatic carbocycles. The lowest BCUT2D eigenvalue weighted by Gasteiger charge is -2.37. The van der Waals surface area contributed by atoms with Gasteiger partial charge in [0.15, 0.2) is 0 Å². The lowest BCUT2D eigenvalue weighted by molar-refractivity contribution is 0.239. The lowest BCUT2D eigenvalue weighted by atomic mass is 10.0. The molecule has 1 fully saturated rings. The fourth-order valence-electron chi connectivity index (χ4n) is 2.45. The van der Waals surface area contributed by atoms with Crippen LogP contribution in [0.1, 0.15) is 18.4 Å². The predicted molar refractivity (Wildman–Crippen MR) is 62.6 cm³/mol. The Morgan fingerprint density at radius 2 is 2.18 bits per heavy atom. The quantitative estimate of drug-likeness (QED) is 0.730. The molecule has 0 radical (unpaired) electrons. The Morgan fingerprint density at radius 1 is 1.35 bits per heavy atom. The molecule has 0 unspecified atom stereocenters. The van der Waals surface area contributed by atoms with Gasteiger partial charge in [-0.3, -0.25) is 4.90 Å². The van der Waals surface area contributed by atoms with E-state index in [1.807, 2.05) is 0 Å². The Kier molecular flexibility index (Phi) is 2.64. The van der Waals surface area contributed by atoms with Crippen molar-refractivity contribution in [2.45, 2.75) is 25.4 Å². The first-order valence-corrected chi connectivity index (χ1v) is 5.93. The number of carbonyl (C=O) groups excluding carboxylic acids is 1. The molecule has 1 aromatic heterocycles. The van der Waals surface area contributed by atoms with Gasteiger partial charge >= 0.3 is 6.03 Å². The molecule has 0 saturated carbocycles. The highest BCUT2D eigenvalue weighted by Gasteiger charge is 2.32. The molecule has 6 heteroatoms. The summed E-state index contributed by atoms with van der Waals surface area (Å²) in [6, 6.07) is 0.202. The summed E-state index contributed by atoms with van der Waals surface area (Å²) < 4.78 is 0. The molecule has 1 aromatic rings. The van der Waals surface area contributed by atoms with Crippen LogP contribution in [-0.2, 0) is 6.54 Å². The minimum absolute atomic E-state index is 0.0388. The first-order valence-electron chi connectivity index (χ1n) is 5.93. The van der Waals surface area contributed by atoms with E-state index in [4.69, 9.17) is 0 Å². The number of hydrogen-bond acceptors (Lipinski definition) is 4. The van der Waals surface area contributed by atoms with Crippen molar-refractivity contribution in [2.75, 3.05) is 18.0 Å². The number of hydrogen-bond donors (Lipinski definition) is 2. The zero-order chi connectivity index (χ0) is 11.7. The zero-order valence-electron chi connectivity index (χ0n) is 9.52. The second-order valence-electron chi connectivity index (χ2n) is 4.38. The number of piperidine rings is 1. The fraction of sp³-hybridized carbons (Fsp3) is 0.545. The van der Waals surface area contributed by atoms with Crippen LogP contribution in [-0.4, -0.2) is 35.1 Å². The van der Waals surface area contributed by atoms with Gasteiger partial charge in [0.25, 0.3) is 0 Å². The summed E-state index contributed by atoms with van der Waals surface area (Å²) in [4.78, 5) is 22.0. The van der Waals surface area contributed by atoms with Crippen LogP contribution in [0, 0.1) is 0 Å². The summed E-state index contributed by atoms with van der Waals surface area (Å²) >= 11 is 0. The largest absolute Gasteiger partial charge is 0.333 e. The molecule has 0 bridgehead atoms. The Labute approximate surface area is 99.4 Å². The molecule has 2 aliphatic rings. The van der Waals surface area contributed by atoms with E-state index in [0.29, 0.717) is 6.54 Å². The highest BCUT2D eigenvalue weighted by molar-refractivity contribution is 5.94. The molecule has 2 amide bonds. The first-order chi connectivity index (χ1) is 8.36. The summed E-state index contributed by atoms with van der Waals surface area (Å²) in [6.45, 7) is 2.43. The fourth-order valence-corrected chi connectivity index (χ4v) is 2.45. The molecule has 0 aromatic carbocycles. The molecule has 2 aliphatic heterocycles. The van der Waals surface area contributed by atoms with Gasteiger partial charge < -0.3 is 10.6 Å². The average molecular weight is 233 g/mol. The van der Waals surface area contributed by atoms with Crippen molar-refractivity contribution in [3.63, 3.8) is 0 Å². The second kappa shape index (κ2) is 4.29. The third-order valence-corrected chi connectivity index (χ3v) is 3.32. The van der Waals surface area contributed by atoms with Gasteiger partial charge in [0.1, 0.15) is 12.1 Å². The van der Waals surface area contributed by atoms with Gasteiger partial charge in [-0.25, -0.2) is 14.8 Å². The average Bonchev–Trinajstić information content (AvgIpc) is 2.39. The summed E-state index contributed by atoms with van der Waals surface area (Å²) in [6.07, 6.45) is 5.22. The zero-order valence-corrected chi connectivity index (χ0v) is 9.52. The van der Waals surface area contributed by atoms with Gasteiger partial charge in [-0.2, -0.15) is 0 Å². The topological polar surface area (TPSA) is 70.2 Å². The minimum atomic E-state index is -0.0388. The van der Waals surface area contributed by atoms with E-state index >= 15 is 0 Å². The number of carbonyl (C=O) groups is 1. The number of fused-ring (bicyclic) bond motifs is 1. The molecule has 2 N–H and O–H groups in total. The SMILES string of the molecule is O=C1NCc2cncnc2N1C1CCNCC1. The van der Waals surface area contributed by atoms with Gasteiger partial charge in [0.2, 0.25) is 0 Å². The molecule has 3 heterocycles. The Morgan fingerprint density at radius 3 is 3.00 bits per heavy atom. The number of nitrogens with one attached hydrogen (secondary N) is 2. The van der Waals surface area contributed by atoms with Crippen molar-refractivity contribution >= 4 is 11.8 Å². The summed E-state index contributed by atoms with van der Waals surface area (Å²) in [7, 11) is 0. The van der Waals surface area contributed by atoms with Crippen molar-refractivity contribution in [3.05, 3.63) is 18.1 Å². The van der Waals surface area contributed by atoms with Crippen molar-refractivity contribution in [2.24, 2.45) is 0 Å². The number of anilines is 1. The Bertz CT molecular complexity index is 430.